The maximum absolute atomic E-state index is 11.6. The van der Waals surface area contributed by atoms with Gasteiger partial charge in [-0.2, -0.15) is 8.42 Å². The Bertz CT molecular complexity index is 752. The Morgan fingerprint density at radius 1 is 0.952 bits per heavy atom. The van der Waals surface area contributed by atoms with E-state index in [-0.39, 0.29) is 10.3 Å². The molecule has 0 bridgehead atoms. The Balaban J connectivity index is 2.61. The van der Waals surface area contributed by atoms with Crippen molar-refractivity contribution in [2.45, 2.75) is 38.0 Å². The molecule has 0 radical (unpaired) electrons. The van der Waals surface area contributed by atoms with Gasteiger partial charge in [0.15, 0.2) is 0 Å². The van der Waals surface area contributed by atoms with Gasteiger partial charge < -0.3 is 0 Å². The second kappa shape index (κ2) is 5.28. The highest BCUT2D eigenvalue weighted by atomic mass is 32.2. The van der Waals surface area contributed by atoms with Crippen LogP contribution < -0.4 is 0 Å². The molecule has 0 saturated carbocycles. The Labute approximate surface area is 126 Å². The lowest BCUT2D eigenvalue weighted by Gasteiger charge is -2.19. The largest absolute Gasteiger partial charge is 0.295 e. The molecule has 0 aliphatic carbocycles. The third-order valence-corrected chi connectivity index (χ3v) is 4.59. The molecule has 0 spiro atoms. The van der Waals surface area contributed by atoms with Crippen LogP contribution in [0.2, 0.25) is 0 Å². The summed E-state index contributed by atoms with van der Waals surface area (Å²) < 4.78 is 32.7. The van der Waals surface area contributed by atoms with E-state index in [9.17, 15) is 13.0 Å². The molecule has 0 heterocycles. The SMILES string of the molecule is Cc1cccc(-c2ccc(C(C)(C)C)cc2)c1S(=O)(=O)O. The summed E-state index contributed by atoms with van der Waals surface area (Å²) in [4.78, 5) is -0.0199. The molecule has 3 nitrogen and oxygen atoms in total. The van der Waals surface area contributed by atoms with Crippen molar-refractivity contribution >= 4 is 10.1 Å². The normalized spacial score (nSPS) is 12.4. The van der Waals surface area contributed by atoms with Crippen molar-refractivity contribution in [3.05, 3.63) is 53.6 Å². The number of aryl methyl sites for hydroxylation is 1. The fourth-order valence-corrected chi connectivity index (χ4v) is 3.31. The molecule has 0 unspecified atom stereocenters. The predicted molar refractivity (Wildman–Crippen MR) is 85.1 cm³/mol. The van der Waals surface area contributed by atoms with Gasteiger partial charge in [0.25, 0.3) is 10.1 Å². The van der Waals surface area contributed by atoms with Crippen LogP contribution >= 0.6 is 0 Å². The fourth-order valence-electron chi connectivity index (χ4n) is 2.37. The molecule has 0 fully saturated rings. The summed E-state index contributed by atoms with van der Waals surface area (Å²) in [5.74, 6) is 0. The van der Waals surface area contributed by atoms with Gasteiger partial charge in [-0.3, -0.25) is 4.55 Å². The molecule has 0 aromatic heterocycles. The van der Waals surface area contributed by atoms with Gasteiger partial charge in [0.1, 0.15) is 4.90 Å². The van der Waals surface area contributed by atoms with Crippen molar-refractivity contribution < 1.29 is 13.0 Å². The molecule has 0 aliphatic heterocycles. The first kappa shape index (κ1) is 15.7. The zero-order valence-electron chi connectivity index (χ0n) is 12.7. The van der Waals surface area contributed by atoms with Gasteiger partial charge >= 0.3 is 0 Å². The Hall–Kier alpha value is -1.65. The molecule has 1 N–H and O–H groups in total. The van der Waals surface area contributed by atoms with Crippen molar-refractivity contribution in [2.75, 3.05) is 0 Å². The summed E-state index contributed by atoms with van der Waals surface area (Å²) in [6.45, 7) is 8.05. The number of benzene rings is 2. The predicted octanol–water partition coefficient (Wildman–Crippen LogP) is 4.21. The quantitative estimate of drug-likeness (QED) is 0.846. The summed E-state index contributed by atoms with van der Waals surface area (Å²) >= 11 is 0. The molecule has 21 heavy (non-hydrogen) atoms. The van der Waals surface area contributed by atoms with E-state index in [4.69, 9.17) is 0 Å². The Kier molecular flexibility index (Phi) is 3.95. The monoisotopic (exact) mass is 304 g/mol. The summed E-state index contributed by atoms with van der Waals surface area (Å²) in [5, 5.41) is 0. The molecular weight excluding hydrogens is 284 g/mol. The van der Waals surface area contributed by atoms with Crippen LogP contribution in [0.5, 0.6) is 0 Å². The van der Waals surface area contributed by atoms with Crippen molar-refractivity contribution in [3.8, 4) is 11.1 Å². The maximum atomic E-state index is 11.6. The van der Waals surface area contributed by atoms with Crippen molar-refractivity contribution in [3.63, 3.8) is 0 Å². The van der Waals surface area contributed by atoms with Crippen LogP contribution in [0, 0.1) is 6.92 Å². The van der Waals surface area contributed by atoms with E-state index in [2.05, 4.69) is 20.8 Å². The summed E-state index contributed by atoms with van der Waals surface area (Å²) in [5.41, 5.74) is 3.05. The lowest BCUT2D eigenvalue weighted by Crippen LogP contribution is -2.10. The molecule has 2 aromatic rings. The van der Waals surface area contributed by atoms with Gasteiger partial charge in [-0.15, -0.1) is 0 Å². The Morgan fingerprint density at radius 2 is 1.52 bits per heavy atom. The lowest BCUT2D eigenvalue weighted by molar-refractivity contribution is 0.483. The summed E-state index contributed by atoms with van der Waals surface area (Å²) in [6, 6.07) is 12.9. The molecule has 2 aromatic carbocycles. The standard InChI is InChI=1S/C17H20O3S/c1-12-6-5-7-15(16(12)21(18,19)20)13-8-10-14(11-9-13)17(2,3)4/h5-11H,1-4H3,(H,18,19,20). The van der Waals surface area contributed by atoms with Crippen LogP contribution in [0.15, 0.2) is 47.4 Å². The van der Waals surface area contributed by atoms with E-state index in [1.54, 1.807) is 25.1 Å². The summed E-state index contributed by atoms with van der Waals surface area (Å²) in [7, 11) is -4.25. The van der Waals surface area contributed by atoms with Crippen molar-refractivity contribution in [1.29, 1.82) is 0 Å². The van der Waals surface area contributed by atoms with Crippen LogP contribution in [0.4, 0.5) is 0 Å². The molecule has 0 saturated heterocycles. The minimum atomic E-state index is -4.25. The van der Waals surface area contributed by atoms with Crippen molar-refractivity contribution in [2.24, 2.45) is 0 Å². The molecule has 112 valence electrons. The number of hydrogen-bond donors (Lipinski definition) is 1. The summed E-state index contributed by atoms with van der Waals surface area (Å²) in [6.07, 6.45) is 0. The molecule has 4 heteroatoms. The second-order valence-electron chi connectivity index (χ2n) is 6.25. The van der Waals surface area contributed by atoms with Crippen LogP contribution in [-0.2, 0) is 15.5 Å². The van der Waals surface area contributed by atoms with Crippen LogP contribution in [0.3, 0.4) is 0 Å². The first-order chi connectivity index (χ1) is 9.60. The van der Waals surface area contributed by atoms with E-state index < -0.39 is 10.1 Å². The van der Waals surface area contributed by atoms with E-state index in [1.807, 2.05) is 24.3 Å². The van der Waals surface area contributed by atoms with Crippen LogP contribution in [0.1, 0.15) is 31.9 Å². The third-order valence-electron chi connectivity index (χ3n) is 3.53. The topological polar surface area (TPSA) is 54.4 Å². The third kappa shape index (κ3) is 3.34. The Morgan fingerprint density at radius 3 is 2.00 bits per heavy atom. The lowest BCUT2D eigenvalue weighted by atomic mass is 9.86. The number of hydrogen-bond acceptors (Lipinski definition) is 2. The van der Waals surface area contributed by atoms with E-state index in [0.717, 1.165) is 5.56 Å². The fraction of sp³-hybridized carbons (Fsp3) is 0.294. The van der Waals surface area contributed by atoms with E-state index in [1.165, 1.54) is 5.56 Å². The van der Waals surface area contributed by atoms with Crippen LogP contribution in [-0.4, -0.2) is 13.0 Å². The van der Waals surface area contributed by atoms with Gasteiger partial charge in [-0.1, -0.05) is 63.2 Å². The highest BCUT2D eigenvalue weighted by Gasteiger charge is 2.20. The van der Waals surface area contributed by atoms with Gasteiger partial charge in [-0.25, -0.2) is 0 Å². The second-order valence-corrected chi connectivity index (χ2v) is 7.61. The van der Waals surface area contributed by atoms with Gasteiger partial charge in [0.05, 0.1) is 0 Å². The highest BCUT2D eigenvalue weighted by molar-refractivity contribution is 7.86. The zero-order chi connectivity index (χ0) is 15.8. The minimum Gasteiger partial charge on any atom is -0.282 e. The molecular formula is C17H20O3S. The van der Waals surface area contributed by atoms with Gasteiger partial charge in [0, 0.05) is 5.56 Å². The van der Waals surface area contributed by atoms with E-state index in [0.29, 0.717) is 11.1 Å². The maximum Gasteiger partial charge on any atom is 0.295 e. The van der Waals surface area contributed by atoms with Gasteiger partial charge in [0.2, 0.25) is 0 Å². The smallest absolute Gasteiger partial charge is 0.282 e. The van der Waals surface area contributed by atoms with Crippen LogP contribution in [0.25, 0.3) is 11.1 Å². The average molecular weight is 304 g/mol. The highest BCUT2D eigenvalue weighted by Crippen LogP contribution is 2.31. The molecule has 0 atom stereocenters. The average Bonchev–Trinajstić information content (AvgIpc) is 2.36. The molecule has 0 amide bonds. The molecule has 2 rings (SSSR count). The first-order valence-electron chi connectivity index (χ1n) is 6.79. The number of rotatable bonds is 2. The van der Waals surface area contributed by atoms with Crippen molar-refractivity contribution in [1.82, 2.24) is 0 Å². The minimum absolute atomic E-state index is 0.0199. The molecule has 0 aliphatic rings. The first-order valence-corrected chi connectivity index (χ1v) is 8.23. The van der Waals surface area contributed by atoms with E-state index >= 15 is 0 Å². The zero-order valence-corrected chi connectivity index (χ0v) is 13.5. The van der Waals surface area contributed by atoms with Gasteiger partial charge in [-0.05, 0) is 29.0 Å².